The quantitative estimate of drug-likeness (QED) is 0.699. The molecule has 1 unspecified atom stereocenters. The molecule has 0 spiro atoms. The summed E-state index contributed by atoms with van der Waals surface area (Å²) in [6, 6.07) is 14.7. The van der Waals surface area contributed by atoms with Gasteiger partial charge in [0.05, 0.1) is 0 Å². The number of benzene rings is 2. The normalized spacial score (nSPS) is 11.7. The van der Waals surface area contributed by atoms with E-state index in [4.69, 9.17) is 4.74 Å². The van der Waals surface area contributed by atoms with Crippen LogP contribution in [0.15, 0.2) is 53.0 Å². The Morgan fingerprint density at radius 2 is 1.83 bits per heavy atom. The molecule has 24 heavy (non-hydrogen) atoms. The average Bonchev–Trinajstić information content (AvgIpc) is 2.56. The standard InChI is InChI=1S/C19H20BrNO3/c1-13(22)16-5-4-6-18(11-16)24-14(2)19(23)21(3)12-15-7-9-17(20)10-8-15/h4-11,14H,12H2,1-3H3. The number of hydrogen-bond donors (Lipinski definition) is 0. The molecule has 1 amide bonds. The molecule has 0 saturated heterocycles. The maximum absolute atomic E-state index is 12.5. The third-order valence-corrected chi connectivity index (χ3v) is 4.14. The van der Waals surface area contributed by atoms with Crippen LogP contribution in [0.1, 0.15) is 29.8 Å². The van der Waals surface area contributed by atoms with Crippen LogP contribution < -0.4 is 4.74 Å². The van der Waals surface area contributed by atoms with E-state index in [9.17, 15) is 9.59 Å². The van der Waals surface area contributed by atoms with Gasteiger partial charge in [0.1, 0.15) is 5.75 Å². The highest BCUT2D eigenvalue weighted by Crippen LogP contribution is 2.17. The molecule has 0 aromatic heterocycles. The summed E-state index contributed by atoms with van der Waals surface area (Å²) in [6.45, 7) is 3.72. The highest BCUT2D eigenvalue weighted by atomic mass is 79.9. The molecule has 126 valence electrons. The van der Waals surface area contributed by atoms with E-state index in [1.807, 2.05) is 24.3 Å². The lowest BCUT2D eigenvalue weighted by molar-refractivity contribution is -0.137. The molecule has 2 aromatic carbocycles. The van der Waals surface area contributed by atoms with Crippen LogP contribution in [0.5, 0.6) is 5.75 Å². The van der Waals surface area contributed by atoms with E-state index in [-0.39, 0.29) is 11.7 Å². The number of nitrogens with zero attached hydrogens (tertiary/aromatic N) is 1. The Morgan fingerprint density at radius 1 is 1.17 bits per heavy atom. The van der Waals surface area contributed by atoms with Gasteiger partial charge in [-0.2, -0.15) is 0 Å². The van der Waals surface area contributed by atoms with Crippen molar-refractivity contribution in [3.63, 3.8) is 0 Å². The third-order valence-electron chi connectivity index (χ3n) is 3.61. The van der Waals surface area contributed by atoms with E-state index in [1.54, 1.807) is 43.1 Å². The zero-order valence-corrected chi connectivity index (χ0v) is 15.5. The minimum absolute atomic E-state index is 0.0354. The largest absolute Gasteiger partial charge is 0.481 e. The lowest BCUT2D eigenvalue weighted by Crippen LogP contribution is -2.37. The molecule has 0 fully saturated rings. The fourth-order valence-corrected chi connectivity index (χ4v) is 2.56. The van der Waals surface area contributed by atoms with Gasteiger partial charge in [-0.3, -0.25) is 9.59 Å². The number of likely N-dealkylation sites (N-methyl/N-ethyl adjacent to an activating group) is 1. The van der Waals surface area contributed by atoms with Crippen LogP contribution in [0.3, 0.4) is 0 Å². The Balaban J connectivity index is 1.99. The van der Waals surface area contributed by atoms with Crippen LogP contribution in [-0.2, 0) is 11.3 Å². The van der Waals surface area contributed by atoms with E-state index < -0.39 is 6.10 Å². The van der Waals surface area contributed by atoms with Crippen molar-refractivity contribution >= 4 is 27.6 Å². The maximum atomic E-state index is 12.5. The number of hydrogen-bond acceptors (Lipinski definition) is 3. The van der Waals surface area contributed by atoms with Gasteiger partial charge in [0.2, 0.25) is 0 Å². The second-order valence-corrected chi connectivity index (χ2v) is 6.58. The molecule has 2 aromatic rings. The summed E-state index contributed by atoms with van der Waals surface area (Å²) < 4.78 is 6.70. The molecule has 0 aliphatic carbocycles. The molecule has 0 saturated carbocycles. The number of amides is 1. The lowest BCUT2D eigenvalue weighted by Gasteiger charge is -2.22. The fraction of sp³-hybridized carbons (Fsp3) is 0.263. The maximum Gasteiger partial charge on any atom is 0.263 e. The van der Waals surface area contributed by atoms with Gasteiger partial charge in [-0.1, -0.05) is 40.2 Å². The molecule has 0 heterocycles. The van der Waals surface area contributed by atoms with Crippen LogP contribution in [0.2, 0.25) is 0 Å². The van der Waals surface area contributed by atoms with Gasteiger partial charge in [0.15, 0.2) is 11.9 Å². The first kappa shape index (κ1) is 18.2. The second-order valence-electron chi connectivity index (χ2n) is 5.66. The van der Waals surface area contributed by atoms with Gasteiger partial charge in [-0.05, 0) is 43.7 Å². The molecule has 2 rings (SSSR count). The third kappa shape index (κ3) is 4.93. The Kier molecular flexibility index (Phi) is 6.15. The molecule has 0 radical (unpaired) electrons. The second kappa shape index (κ2) is 8.11. The minimum Gasteiger partial charge on any atom is -0.481 e. The van der Waals surface area contributed by atoms with E-state index in [0.29, 0.717) is 17.9 Å². The summed E-state index contributed by atoms with van der Waals surface area (Å²) in [5, 5.41) is 0. The van der Waals surface area contributed by atoms with Crippen molar-refractivity contribution < 1.29 is 14.3 Å². The molecule has 0 bridgehead atoms. The molecule has 0 aliphatic heterocycles. The summed E-state index contributed by atoms with van der Waals surface area (Å²) in [5.74, 6) is 0.360. The first-order valence-corrected chi connectivity index (χ1v) is 8.43. The number of rotatable bonds is 6. The summed E-state index contributed by atoms with van der Waals surface area (Å²) in [6.07, 6.45) is -0.632. The van der Waals surface area contributed by atoms with Crippen molar-refractivity contribution in [3.05, 3.63) is 64.1 Å². The number of carbonyl (C=O) groups excluding carboxylic acids is 2. The van der Waals surface area contributed by atoms with Crippen molar-refractivity contribution in [2.75, 3.05) is 7.05 Å². The molecule has 0 aliphatic rings. The van der Waals surface area contributed by atoms with Crippen LogP contribution in [0, 0.1) is 0 Å². The average molecular weight is 390 g/mol. The molecule has 0 N–H and O–H groups in total. The number of carbonyl (C=O) groups is 2. The van der Waals surface area contributed by atoms with Crippen molar-refractivity contribution in [1.29, 1.82) is 0 Å². The Morgan fingerprint density at radius 3 is 2.46 bits per heavy atom. The Bertz CT molecular complexity index is 728. The highest BCUT2D eigenvalue weighted by molar-refractivity contribution is 9.10. The van der Waals surface area contributed by atoms with Crippen LogP contribution in [0.4, 0.5) is 0 Å². The predicted molar refractivity (Wildman–Crippen MR) is 97.2 cm³/mol. The van der Waals surface area contributed by atoms with Crippen molar-refractivity contribution in [1.82, 2.24) is 4.90 Å². The zero-order valence-electron chi connectivity index (χ0n) is 14.0. The number of ketones is 1. The number of ether oxygens (including phenoxy) is 1. The van der Waals surface area contributed by atoms with Gasteiger partial charge in [-0.15, -0.1) is 0 Å². The van der Waals surface area contributed by atoms with Crippen molar-refractivity contribution in [3.8, 4) is 5.75 Å². The van der Waals surface area contributed by atoms with Gasteiger partial charge < -0.3 is 9.64 Å². The predicted octanol–water partition coefficient (Wildman–Crippen LogP) is 4.08. The minimum atomic E-state index is -0.632. The monoisotopic (exact) mass is 389 g/mol. The van der Waals surface area contributed by atoms with Crippen LogP contribution in [-0.4, -0.2) is 29.7 Å². The van der Waals surface area contributed by atoms with Gasteiger partial charge >= 0.3 is 0 Å². The van der Waals surface area contributed by atoms with Gasteiger partial charge in [-0.25, -0.2) is 0 Å². The molecule has 1 atom stereocenters. The summed E-state index contributed by atoms with van der Waals surface area (Å²) in [5.41, 5.74) is 1.61. The number of halogens is 1. The summed E-state index contributed by atoms with van der Waals surface area (Å²) in [7, 11) is 1.75. The summed E-state index contributed by atoms with van der Waals surface area (Å²) in [4.78, 5) is 25.5. The summed E-state index contributed by atoms with van der Waals surface area (Å²) >= 11 is 3.39. The topological polar surface area (TPSA) is 46.6 Å². The van der Waals surface area contributed by atoms with Crippen molar-refractivity contribution in [2.45, 2.75) is 26.5 Å². The Labute approximate surface area is 150 Å². The van der Waals surface area contributed by atoms with Crippen LogP contribution in [0.25, 0.3) is 0 Å². The Hall–Kier alpha value is -2.14. The van der Waals surface area contributed by atoms with E-state index in [1.165, 1.54) is 6.92 Å². The smallest absolute Gasteiger partial charge is 0.263 e. The molecule has 5 heteroatoms. The molecular weight excluding hydrogens is 370 g/mol. The zero-order chi connectivity index (χ0) is 17.7. The SMILES string of the molecule is CC(=O)c1cccc(OC(C)C(=O)N(C)Cc2ccc(Br)cc2)c1. The first-order chi connectivity index (χ1) is 11.4. The number of Topliss-reactive ketones (excluding diaryl/α,β-unsaturated/α-hetero) is 1. The van der Waals surface area contributed by atoms with Gasteiger partial charge in [0.25, 0.3) is 5.91 Å². The van der Waals surface area contributed by atoms with Gasteiger partial charge in [0, 0.05) is 23.6 Å². The van der Waals surface area contributed by atoms with Crippen molar-refractivity contribution in [2.24, 2.45) is 0 Å². The fourth-order valence-electron chi connectivity index (χ4n) is 2.29. The highest BCUT2D eigenvalue weighted by Gasteiger charge is 2.19. The van der Waals surface area contributed by atoms with E-state index in [2.05, 4.69) is 15.9 Å². The molecule has 4 nitrogen and oxygen atoms in total. The lowest BCUT2D eigenvalue weighted by atomic mass is 10.1. The molecular formula is C19H20BrNO3. The van der Waals surface area contributed by atoms with Crippen LogP contribution >= 0.6 is 15.9 Å². The first-order valence-electron chi connectivity index (χ1n) is 7.64. The van der Waals surface area contributed by atoms with E-state index >= 15 is 0 Å². The van der Waals surface area contributed by atoms with E-state index in [0.717, 1.165) is 10.0 Å².